The summed E-state index contributed by atoms with van der Waals surface area (Å²) in [6, 6.07) is 0. The molecule has 1 nitrogen and oxygen atoms in total. The van der Waals surface area contributed by atoms with Gasteiger partial charge in [0.2, 0.25) is 0 Å². The molecule has 0 radical (unpaired) electrons. The van der Waals surface area contributed by atoms with Crippen molar-refractivity contribution in [2.45, 2.75) is 40.0 Å². The molecule has 0 aromatic carbocycles. The fourth-order valence-corrected chi connectivity index (χ4v) is 1.37. The lowest BCUT2D eigenvalue weighted by atomic mass is 10.1. The second-order valence-corrected chi connectivity index (χ2v) is 2.81. The molecule has 1 aliphatic rings. The summed E-state index contributed by atoms with van der Waals surface area (Å²) in [7, 11) is 0. The lowest BCUT2D eigenvalue weighted by Gasteiger charge is -1.95. The van der Waals surface area contributed by atoms with Crippen LogP contribution in [0.4, 0.5) is 0 Å². The van der Waals surface area contributed by atoms with Crippen molar-refractivity contribution in [3.63, 3.8) is 0 Å². The summed E-state index contributed by atoms with van der Waals surface area (Å²) in [6.45, 7) is 6.21. The van der Waals surface area contributed by atoms with Crippen molar-refractivity contribution >= 4 is 6.29 Å². The van der Waals surface area contributed by atoms with E-state index in [9.17, 15) is 4.79 Å². The van der Waals surface area contributed by atoms with Crippen molar-refractivity contribution in [1.82, 2.24) is 0 Å². The van der Waals surface area contributed by atoms with E-state index in [0.717, 1.165) is 25.0 Å². The molecule has 0 heterocycles. The van der Waals surface area contributed by atoms with Crippen molar-refractivity contribution in [1.29, 1.82) is 0 Å². The van der Waals surface area contributed by atoms with E-state index in [1.54, 1.807) is 0 Å². The molecule has 1 heteroatoms. The number of carbonyl (C=O) groups excluding carboxylic acids is 1. The maximum absolute atomic E-state index is 10.2. The first-order valence-corrected chi connectivity index (χ1v) is 4.28. The van der Waals surface area contributed by atoms with E-state index in [1.807, 2.05) is 13.8 Å². The molecule has 0 aromatic rings. The van der Waals surface area contributed by atoms with Gasteiger partial charge in [-0.25, -0.2) is 0 Å². The summed E-state index contributed by atoms with van der Waals surface area (Å²) in [5.41, 5.74) is 0. The van der Waals surface area contributed by atoms with Gasteiger partial charge in [-0.3, -0.25) is 0 Å². The van der Waals surface area contributed by atoms with E-state index in [0.29, 0.717) is 5.92 Å². The first-order chi connectivity index (χ1) is 4.83. The van der Waals surface area contributed by atoms with Crippen molar-refractivity contribution < 1.29 is 4.79 Å². The minimum Gasteiger partial charge on any atom is -0.303 e. The van der Waals surface area contributed by atoms with Gasteiger partial charge >= 0.3 is 0 Å². The van der Waals surface area contributed by atoms with E-state index >= 15 is 0 Å². The van der Waals surface area contributed by atoms with E-state index in [4.69, 9.17) is 0 Å². The monoisotopic (exact) mass is 142 g/mol. The third-order valence-electron chi connectivity index (χ3n) is 1.93. The summed E-state index contributed by atoms with van der Waals surface area (Å²) in [6.07, 6.45) is 4.61. The molecule has 0 aromatic heterocycles. The molecule has 1 saturated carbocycles. The van der Waals surface area contributed by atoms with Crippen LogP contribution in [0.3, 0.4) is 0 Å². The normalized spacial score (nSPS) is 30.7. The van der Waals surface area contributed by atoms with Crippen LogP contribution in [0.25, 0.3) is 0 Å². The van der Waals surface area contributed by atoms with E-state index < -0.39 is 0 Å². The van der Waals surface area contributed by atoms with E-state index in [1.165, 1.54) is 6.42 Å². The lowest BCUT2D eigenvalue weighted by molar-refractivity contribution is -0.110. The van der Waals surface area contributed by atoms with Gasteiger partial charge in [-0.15, -0.1) is 0 Å². The van der Waals surface area contributed by atoms with Crippen LogP contribution in [0.15, 0.2) is 0 Å². The lowest BCUT2D eigenvalue weighted by Crippen LogP contribution is -1.93. The van der Waals surface area contributed by atoms with Gasteiger partial charge in [0.25, 0.3) is 0 Å². The summed E-state index contributed by atoms with van der Waals surface area (Å²) < 4.78 is 0. The quantitative estimate of drug-likeness (QED) is 0.514. The highest BCUT2D eigenvalue weighted by Crippen LogP contribution is 2.28. The zero-order chi connectivity index (χ0) is 7.98. The average molecular weight is 142 g/mol. The van der Waals surface area contributed by atoms with Crippen LogP contribution in [0.2, 0.25) is 0 Å². The topological polar surface area (TPSA) is 17.1 Å². The van der Waals surface area contributed by atoms with Crippen molar-refractivity contribution in [3.05, 3.63) is 0 Å². The molecule has 0 N–H and O–H groups in total. The third-order valence-corrected chi connectivity index (χ3v) is 1.93. The number of carbonyl (C=O) groups is 1. The molecule has 0 aliphatic heterocycles. The highest BCUT2D eigenvalue weighted by molar-refractivity contribution is 5.53. The standard InChI is InChI=1S/C7H12O.C2H6/c1-6-2-3-7(4-6)5-8;1-2/h5-7H,2-4H2,1H3;1-2H3. The Hall–Kier alpha value is -0.330. The molecule has 1 rings (SSSR count). The molecule has 60 valence electrons. The van der Waals surface area contributed by atoms with Crippen molar-refractivity contribution in [3.8, 4) is 0 Å². The molecule has 1 fully saturated rings. The fraction of sp³-hybridized carbons (Fsp3) is 0.889. The Morgan fingerprint density at radius 2 is 1.90 bits per heavy atom. The molecular formula is C9H18O. The Morgan fingerprint density at radius 1 is 1.30 bits per heavy atom. The summed E-state index contributed by atoms with van der Waals surface area (Å²) in [5, 5.41) is 0. The molecule has 10 heavy (non-hydrogen) atoms. The van der Waals surface area contributed by atoms with Crippen LogP contribution in [-0.2, 0) is 4.79 Å². The maximum Gasteiger partial charge on any atom is 0.123 e. The first-order valence-electron chi connectivity index (χ1n) is 4.28. The predicted octanol–water partition coefficient (Wildman–Crippen LogP) is 2.65. The number of hydrogen-bond donors (Lipinski definition) is 0. The Bertz CT molecular complexity index is 88.7. The predicted molar refractivity (Wildman–Crippen MR) is 43.9 cm³/mol. The van der Waals surface area contributed by atoms with Crippen molar-refractivity contribution in [2.75, 3.05) is 0 Å². The first kappa shape index (κ1) is 9.67. The highest BCUT2D eigenvalue weighted by atomic mass is 16.1. The smallest absolute Gasteiger partial charge is 0.123 e. The second-order valence-electron chi connectivity index (χ2n) is 2.81. The molecule has 1 aliphatic carbocycles. The largest absolute Gasteiger partial charge is 0.303 e. The Kier molecular flexibility index (Phi) is 5.27. The van der Waals surface area contributed by atoms with Crippen LogP contribution in [0.1, 0.15) is 40.0 Å². The number of aldehydes is 1. The van der Waals surface area contributed by atoms with Crippen LogP contribution in [0, 0.1) is 11.8 Å². The third kappa shape index (κ3) is 3.00. The molecule has 2 atom stereocenters. The minimum atomic E-state index is 0.394. The van der Waals surface area contributed by atoms with Crippen LogP contribution < -0.4 is 0 Å². The maximum atomic E-state index is 10.2. The van der Waals surface area contributed by atoms with Crippen LogP contribution in [0.5, 0.6) is 0 Å². The van der Waals surface area contributed by atoms with Gasteiger partial charge in [0.05, 0.1) is 0 Å². The van der Waals surface area contributed by atoms with Gasteiger partial charge in [-0.2, -0.15) is 0 Å². The summed E-state index contributed by atoms with van der Waals surface area (Å²) in [4.78, 5) is 10.2. The Balaban J connectivity index is 0.000000371. The van der Waals surface area contributed by atoms with Gasteiger partial charge in [0.15, 0.2) is 0 Å². The molecule has 0 spiro atoms. The Morgan fingerprint density at radius 3 is 2.10 bits per heavy atom. The minimum absolute atomic E-state index is 0.394. The van der Waals surface area contributed by atoms with Gasteiger partial charge in [-0.05, 0) is 18.8 Å². The zero-order valence-corrected chi connectivity index (χ0v) is 7.26. The molecule has 0 saturated heterocycles. The SMILES string of the molecule is CC.CC1CCC(C=O)C1. The second kappa shape index (κ2) is 5.45. The number of hydrogen-bond acceptors (Lipinski definition) is 1. The van der Waals surface area contributed by atoms with E-state index in [2.05, 4.69) is 6.92 Å². The van der Waals surface area contributed by atoms with Gasteiger partial charge < -0.3 is 4.79 Å². The van der Waals surface area contributed by atoms with Gasteiger partial charge in [0.1, 0.15) is 6.29 Å². The highest BCUT2D eigenvalue weighted by Gasteiger charge is 2.19. The Labute approximate surface area is 63.8 Å². The van der Waals surface area contributed by atoms with Crippen molar-refractivity contribution in [2.24, 2.45) is 11.8 Å². The molecule has 0 amide bonds. The number of rotatable bonds is 1. The van der Waals surface area contributed by atoms with Gasteiger partial charge in [0, 0.05) is 5.92 Å². The summed E-state index contributed by atoms with van der Waals surface area (Å²) in [5.74, 6) is 1.19. The molecule has 0 bridgehead atoms. The fourth-order valence-electron chi connectivity index (χ4n) is 1.37. The van der Waals surface area contributed by atoms with E-state index in [-0.39, 0.29) is 0 Å². The van der Waals surface area contributed by atoms with Crippen LogP contribution in [-0.4, -0.2) is 6.29 Å². The summed E-state index contributed by atoms with van der Waals surface area (Å²) >= 11 is 0. The molecule has 2 unspecified atom stereocenters. The van der Waals surface area contributed by atoms with Gasteiger partial charge in [-0.1, -0.05) is 27.2 Å². The average Bonchev–Trinajstić information content (AvgIpc) is 2.40. The molecular weight excluding hydrogens is 124 g/mol. The van der Waals surface area contributed by atoms with Crippen LogP contribution >= 0.6 is 0 Å². The zero-order valence-electron chi connectivity index (χ0n) is 7.26.